The lowest BCUT2D eigenvalue weighted by Crippen LogP contribution is -2.14. The quantitative estimate of drug-likeness (QED) is 0.793. The molecule has 22 heavy (non-hydrogen) atoms. The average Bonchev–Trinajstić information content (AvgIpc) is 2.91. The second-order valence-corrected chi connectivity index (χ2v) is 7.42. The number of nitrogens with zero attached hydrogens (tertiary/aromatic N) is 6. The zero-order valence-corrected chi connectivity index (χ0v) is 14.0. The molecule has 0 aromatic carbocycles. The van der Waals surface area contributed by atoms with Crippen LogP contribution in [0.3, 0.4) is 0 Å². The van der Waals surface area contributed by atoms with Crippen molar-refractivity contribution < 1.29 is 0 Å². The zero-order chi connectivity index (χ0) is 15.1. The molecule has 2 aliphatic carbocycles. The maximum atomic E-state index is 4.39. The van der Waals surface area contributed by atoms with Crippen molar-refractivity contribution in [1.82, 2.24) is 29.5 Å². The van der Waals surface area contributed by atoms with Gasteiger partial charge in [0.25, 0.3) is 0 Å². The fourth-order valence-corrected chi connectivity index (χ4v) is 4.02. The van der Waals surface area contributed by atoms with E-state index >= 15 is 0 Å². The summed E-state index contributed by atoms with van der Waals surface area (Å²) in [6.45, 7) is 0. The Balaban J connectivity index is 1.44. The van der Waals surface area contributed by atoms with Crippen molar-refractivity contribution in [2.45, 2.75) is 61.3 Å². The first-order valence-electron chi connectivity index (χ1n) is 8.14. The van der Waals surface area contributed by atoms with Gasteiger partial charge in [0.05, 0.1) is 5.75 Å². The molecular formula is C15H22N6S. The zero-order valence-electron chi connectivity index (χ0n) is 13.2. The summed E-state index contributed by atoms with van der Waals surface area (Å²) in [5.74, 6) is 5.35. The predicted octanol–water partition coefficient (Wildman–Crippen LogP) is 2.77. The molecule has 6 nitrogen and oxygen atoms in total. The van der Waals surface area contributed by atoms with E-state index in [1.807, 2.05) is 0 Å². The molecule has 2 aliphatic rings. The molecule has 118 valence electrons. The van der Waals surface area contributed by atoms with Crippen molar-refractivity contribution in [3.05, 3.63) is 17.5 Å². The lowest BCUT2D eigenvalue weighted by molar-refractivity contribution is 0.390. The Morgan fingerprint density at radius 2 is 1.45 bits per heavy atom. The summed E-state index contributed by atoms with van der Waals surface area (Å²) in [7, 11) is 4.16. The van der Waals surface area contributed by atoms with Gasteiger partial charge in [0, 0.05) is 25.9 Å². The molecule has 0 N–H and O–H groups in total. The molecule has 0 spiro atoms. The number of rotatable bonds is 5. The Morgan fingerprint density at radius 3 is 2.05 bits per heavy atom. The molecule has 2 aromatic heterocycles. The van der Waals surface area contributed by atoms with Gasteiger partial charge >= 0.3 is 0 Å². The fourth-order valence-electron chi connectivity index (χ4n) is 3.13. The molecule has 7 heteroatoms. The van der Waals surface area contributed by atoms with Crippen LogP contribution in [0.4, 0.5) is 0 Å². The monoisotopic (exact) mass is 318 g/mol. The van der Waals surface area contributed by atoms with E-state index in [1.54, 1.807) is 11.8 Å². The van der Waals surface area contributed by atoms with Gasteiger partial charge in [-0.1, -0.05) is 24.6 Å². The van der Waals surface area contributed by atoms with Gasteiger partial charge in [-0.2, -0.15) is 0 Å². The smallest absolute Gasteiger partial charge is 0.191 e. The van der Waals surface area contributed by atoms with Crippen LogP contribution in [0.1, 0.15) is 67.8 Å². The van der Waals surface area contributed by atoms with Crippen molar-refractivity contribution >= 4 is 11.8 Å². The lowest BCUT2D eigenvalue weighted by atomic mass is 9.85. The van der Waals surface area contributed by atoms with Crippen LogP contribution in [0, 0.1) is 0 Å². The molecule has 2 heterocycles. The summed E-state index contributed by atoms with van der Waals surface area (Å²) < 4.78 is 4.32. The Bertz CT molecular complexity index is 609. The van der Waals surface area contributed by atoms with E-state index in [9.17, 15) is 0 Å². The molecule has 0 bridgehead atoms. The van der Waals surface area contributed by atoms with Crippen molar-refractivity contribution in [2.24, 2.45) is 14.1 Å². The van der Waals surface area contributed by atoms with Crippen molar-refractivity contribution in [1.29, 1.82) is 0 Å². The Kier molecular flexibility index (Phi) is 3.68. The van der Waals surface area contributed by atoms with Crippen LogP contribution in [0.5, 0.6) is 0 Å². The molecule has 0 amide bonds. The third kappa shape index (κ3) is 2.35. The Labute approximate surface area is 134 Å². The number of hydrogen-bond acceptors (Lipinski definition) is 5. The molecule has 2 aromatic rings. The van der Waals surface area contributed by atoms with E-state index in [2.05, 4.69) is 43.6 Å². The average molecular weight is 318 g/mol. The standard InChI is InChI=1S/C15H22N6S/c1-20-12(16-17-13(20)10-5-3-6-10)9-22-15-19-18-14(21(15)2)11-7-4-8-11/h10-11H,3-9H2,1-2H3. The van der Waals surface area contributed by atoms with Crippen LogP contribution in [-0.2, 0) is 19.8 Å². The van der Waals surface area contributed by atoms with Crippen LogP contribution in [0.25, 0.3) is 0 Å². The largest absolute Gasteiger partial charge is 0.317 e. The van der Waals surface area contributed by atoms with Crippen LogP contribution >= 0.6 is 11.8 Å². The number of aromatic nitrogens is 6. The minimum Gasteiger partial charge on any atom is -0.317 e. The first kappa shape index (κ1) is 14.2. The first-order valence-corrected chi connectivity index (χ1v) is 9.13. The van der Waals surface area contributed by atoms with E-state index < -0.39 is 0 Å². The van der Waals surface area contributed by atoms with Crippen molar-refractivity contribution in [2.75, 3.05) is 0 Å². The SMILES string of the molecule is Cn1c(CSc2nnc(C3CCC3)n2C)nnc1C1CCC1. The molecule has 2 fully saturated rings. The predicted molar refractivity (Wildman–Crippen MR) is 84.8 cm³/mol. The van der Waals surface area contributed by atoms with Gasteiger partial charge in [-0.3, -0.25) is 0 Å². The summed E-state index contributed by atoms with van der Waals surface area (Å²) in [4.78, 5) is 0. The van der Waals surface area contributed by atoms with E-state index in [0.29, 0.717) is 11.8 Å². The highest BCUT2D eigenvalue weighted by Gasteiger charge is 2.27. The molecule has 0 atom stereocenters. The number of thioether (sulfide) groups is 1. The second kappa shape index (κ2) is 5.68. The summed E-state index contributed by atoms with van der Waals surface area (Å²) in [5, 5.41) is 18.5. The van der Waals surface area contributed by atoms with Gasteiger partial charge < -0.3 is 9.13 Å². The van der Waals surface area contributed by atoms with Gasteiger partial charge in [-0.05, 0) is 25.7 Å². The maximum Gasteiger partial charge on any atom is 0.191 e. The van der Waals surface area contributed by atoms with Crippen LogP contribution in [-0.4, -0.2) is 29.5 Å². The van der Waals surface area contributed by atoms with Crippen LogP contribution < -0.4 is 0 Å². The number of hydrogen-bond donors (Lipinski definition) is 0. The minimum atomic E-state index is 0.617. The highest BCUT2D eigenvalue weighted by atomic mass is 32.2. The normalized spacial score (nSPS) is 19.2. The maximum absolute atomic E-state index is 4.39. The van der Waals surface area contributed by atoms with Crippen molar-refractivity contribution in [3.8, 4) is 0 Å². The molecule has 0 unspecified atom stereocenters. The van der Waals surface area contributed by atoms with Gasteiger partial charge in [0.2, 0.25) is 0 Å². The first-order chi connectivity index (χ1) is 10.7. The van der Waals surface area contributed by atoms with Gasteiger partial charge in [0.15, 0.2) is 5.16 Å². The van der Waals surface area contributed by atoms with E-state index in [-0.39, 0.29) is 0 Å². The Morgan fingerprint density at radius 1 is 0.864 bits per heavy atom. The molecule has 4 rings (SSSR count). The summed E-state index contributed by atoms with van der Waals surface area (Å²) >= 11 is 1.70. The fraction of sp³-hybridized carbons (Fsp3) is 0.733. The topological polar surface area (TPSA) is 61.4 Å². The highest BCUT2D eigenvalue weighted by Crippen LogP contribution is 2.37. The van der Waals surface area contributed by atoms with E-state index in [4.69, 9.17) is 0 Å². The van der Waals surface area contributed by atoms with Gasteiger partial charge in [-0.15, -0.1) is 20.4 Å². The minimum absolute atomic E-state index is 0.617. The van der Waals surface area contributed by atoms with E-state index in [1.165, 1.54) is 38.5 Å². The van der Waals surface area contributed by atoms with Gasteiger partial charge in [-0.25, -0.2) is 0 Å². The van der Waals surface area contributed by atoms with Gasteiger partial charge in [0.1, 0.15) is 17.5 Å². The molecule has 0 aliphatic heterocycles. The third-order valence-corrected chi connectivity index (χ3v) is 6.15. The summed E-state index contributed by atoms with van der Waals surface area (Å²) in [6.07, 6.45) is 7.67. The molecule has 0 radical (unpaired) electrons. The molecule has 2 saturated carbocycles. The summed E-state index contributed by atoms with van der Waals surface area (Å²) in [5.41, 5.74) is 0. The third-order valence-electron chi connectivity index (χ3n) is 5.14. The Hall–Kier alpha value is -1.37. The van der Waals surface area contributed by atoms with Crippen molar-refractivity contribution in [3.63, 3.8) is 0 Å². The second-order valence-electron chi connectivity index (χ2n) is 6.48. The van der Waals surface area contributed by atoms with Crippen LogP contribution in [0.2, 0.25) is 0 Å². The summed E-state index contributed by atoms with van der Waals surface area (Å²) in [6, 6.07) is 0. The molecule has 0 saturated heterocycles. The van der Waals surface area contributed by atoms with Crippen LogP contribution in [0.15, 0.2) is 5.16 Å². The lowest BCUT2D eigenvalue weighted by Gasteiger charge is -2.24. The van der Waals surface area contributed by atoms with E-state index in [0.717, 1.165) is 28.4 Å². The molecular weight excluding hydrogens is 296 g/mol. The highest BCUT2D eigenvalue weighted by molar-refractivity contribution is 7.98.